The Morgan fingerprint density at radius 1 is 1.20 bits per heavy atom. The Morgan fingerprint density at radius 2 is 1.80 bits per heavy atom. The van der Waals surface area contributed by atoms with Crippen molar-refractivity contribution in [3.05, 3.63) is 28.8 Å². The zero-order chi connectivity index (χ0) is 15.0. The van der Waals surface area contributed by atoms with Gasteiger partial charge in [-0.3, -0.25) is 4.99 Å². The molecule has 0 heterocycles. The predicted octanol–water partition coefficient (Wildman–Crippen LogP) is 5.14. The summed E-state index contributed by atoms with van der Waals surface area (Å²) >= 11 is -0.556. The van der Waals surface area contributed by atoms with E-state index in [2.05, 4.69) is 4.99 Å². The van der Waals surface area contributed by atoms with E-state index in [1.807, 2.05) is 32.2 Å². The number of hydrogen-bond donors (Lipinski definition) is 1. The van der Waals surface area contributed by atoms with E-state index in [1.54, 1.807) is 0 Å². The second kappa shape index (κ2) is 9.84. The number of rotatable bonds is 2. The summed E-state index contributed by atoms with van der Waals surface area (Å²) < 4.78 is 0. The first-order valence-corrected chi connectivity index (χ1v) is 11.2. The fourth-order valence-corrected chi connectivity index (χ4v) is 2.51. The molecular formula is C15H21Cl2NOTi. The third-order valence-electron chi connectivity index (χ3n) is 3.47. The Bertz CT molecular complexity index is 446. The Labute approximate surface area is 138 Å². The van der Waals surface area contributed by atoms with Gasteiger partial charge in [-0.1, -0.05) is 25.3 Å². The summed E-state index contributed by atoms with van der Waals surface area (Å²) in [6.07, 6.45) is 8.18. The van der Waals surface area contributed by atoms with Gasteiger partial charge in [-0.05, 0) is 43.9 Å². The molecule has 1 N–H and O–H groups in total. The maximum atomic E-state index is 9.96. The quantitative estimate of drug-likeness (QED) is 0.582. The van der Waals surface area contributed by atoms with Crippen LogP contribution >= 0.6 is 18.6 Å². The zero-order valence-corrected chi connectivity index (χ0v) is 15.1. The SMILES string of the molecule is Cc1cc(C)c(O)c(C=NC2CCCCC2)c1.[Cl][Ti][Cl]. The van der Waals surface area contributed by atoms with Gasteiger partial charge in [0.1, 0.15) is 5.75 Å². The molecule has 5 heteroatoms. The van der Waals surface area contributed by atoms with Crippen LogP contribution in [0, 0.1) is 13.8 Å². The molecule has 0 aliphatic heterocycles. The van der Waals surface area contributed by atoms with Crippen LogP contribution in [0.2, 0.25) is 0 Å². The summed E-state index contributed by atoms with van der Waals surface area (Å²) in [5.41, 5.74) is 2.95. The molecule has 0 saturated heterocycles. The van der Waals surface area contributed by atoms with Crippen molar-refractivity contribution in [1.29, 1.82) is 0 Å². The van der Waals surface area contributed by atoms with Crippen LogP contribution in [0.25, 0.3) is 0 Å². The van der Waals surface area contributed by atoms with Gasteiger partial charge >= 0.3 is 35.6 Å². The van der Waals surface area contributed by atoms with Crippen molar-refractivity contribution < 1.29 is 22.1 Å². The molecule has 0 amide bonds. The number of benzene rings is 1. The van der Waals surface area contributed by atoms with E-state index < -0.39 is 17.0 Å². The number of aryl methyl sites for hydroxylation is 2. The first-order valence-electron chi connectivity index (χ1n) is 6.88. The number of nitrogens with zero attached hydrogens (tertiary/aromatic N) is 1. The van der Waals surface area contributed by atoms with Crippen LogP contribution in [0.4, 0.5) is 0 Å². The Hall–Kier alpha value is -0.0157. The topological polar surface area (TPSA) is 32.6 Å². The van der Waals surface area contributed by atoms with Crippen molar-refractivity contribution >= 4 is 24.8 Å². The summed E-state index contributed by atoms with van der Waals surface area (Å²) in [7, 11) is 9.78. The molecule has 0 bridgehead atoms. The maximum absolute atomic E-state index is 9.96. The number of phenols is 1. The van der Waals surface area contributed by atoms with Crippen LogP contribution in [0.3, 0.4) is 0 Å². The molecule has 1 aromatic carbocycles. The summed E-state index contributed by atoms with van der Waals surface area (Å²) in [5, 5.41) is 9.96. The fourth-order valence-electron chi connectivity index (χ4n) is 2.51. The zero-order valence-electron chi connectivity index (χ0n) is 12.0. The van der Waals surface area contributed by atoms with E-state index in [1.165, 1.54) is 37.7 Å². The van der Waals surface area contributed by atoms with E-state index in [0.717, 1.165) is 11.1 Å². The van der Waals surface area contributed by atoms with E-state index in [9.17, 15) is 5.11 Å². The summed E-state index contributed by atoms with van der Waals surface area (Å²) in [5.74, 6) is 0.371. The molecular weight excluding hydrogens is 329 g/mol. The van der Waals surface area contributed by atoms with Crippen molar-refractivity contribution in [3.8, 4) is 5.75 Å². The third-order valence-corrected chi connectivity index (χ3v) is 3.47. The molecule has 0 unspecified atom stereocenters. The van der Waals surface area contributed by atoms with Gasteiger partial charge in [-0.25, -0.2) is 0 Å². The molecule has 1 aromatic rings. The van der Waals surface area contributed by atoms with Crippen molar-refractivity contribution in [1.82, 2.24) is 0 Å². The number of halogens is 2. The predicted molar refractivity (Wildman–Crippen MR) is 83.8 cm³/mol. The molecule has 0 atom stereocenters. The van der Waals surface area contributed by atoms with Crippen LogP contribution in [-0.2, 0) is 17.0 Å². The van der Waals surface area contributed by atoms with Crippen LogP contribution < -0.4 is 0 Å². The van der Waals surface area contributed by atoms with Gasteiger partial charge in [0.25, 0.3) is 0 Å². The van der Waals surface area contributed by atoms with Gasteiger partial charge in [0.05, 0.1) is 0 Å². The van der Waals surface area contributed by atoms with Crippen molar-refractivity contribution in [3.63, 3.8) is 0 Å². The molecule has 2 rings (SSSR count). The van der Waals surface area contributed by atoms with Crippen molar-refractivity contribution in [2.24, 2.45) is 4.99 Å². The van der Waals surface area contributed by atoms with Gasteiger partial charge in [-0.15, -0.1) is 0 Å². The molecule has 1 fully saturated rings. The molecule has 1 aliphatic carbocycles. The Morgan fingerprint density at radius 3 is 2.40 bits per heavy atom. The second-order valence-corrected chi connectivity index (χ2v) is 7.74. The van der Waals surface area contributed by atoms with Gasteiger partial charge in [-0.2, -0.15) is 0 Å². The molecule has 20 heavy (non-hydrogen) atoms. The van der Waals surface area contributed by atoms with Crippen LogP contribution in [0.5, 0.6) is 5.75 Å². The number of hydrogen-bond acceptors (Lipinski definition) is 2. The monoisotopic (exact) mass is 349 g/mol. The normalized spacial score (nSPS) is 15.8. The van der Waals surface area contributed by atoms with Gasteiger partial charge < -0.3 is 5.11 Å². The Kier molecular flexibility index (Phi) is 8.87. The van der Waals surface area contributed by atoms with Crippen molar-refractivity contribution in [2.45, 2.75) is 52.0 Å². The number of aliphatic imine (C=N–C) groups is 1. The van der Waals surface area contributed by atoms with E-state index in [4.69, 9.17) is 18.6 Å². The molecule has 1 aliphatic rings. The molecule has 0 aromatic heterocycles. The molecule has 0 spiro atoms. The second-order valence-electron chi connectivity index (χ2n) is 5.16. The molecule has 2 nitrogen and oxygen atoms in total. The van der Waals surface area contributed by atoms with E-state index in [-0.39, 0.29) is 0 Å². The average molecular weight is 350 g/mol. The van der Waals surface area contributed by atoms with E-state index in [0.29, 0.717) is 11.8 Å². The number of phenolic OH excluding ortho intramolecular Hbond substituents is 1. The number of aromatic hydroxyl groups is 1. The van der Waals surface area contributed by atoms with Gasteiger partial charge in [0.15, 0.2) is 0 Å². The average Bonchev–Trinajstić information content (AvgIpc) is 2.43. The van der Waals surface area contributed by atoms with Crippen LogP contribution in [0.15, 0.2) is 17.1 Å². The van der Waals surface area contributed by atoms with Crippen LogP contribution in [-0.4, -0.2) is 17.4 Å². The molecule has 110 valence electrons. The minimum atomic E-state index is -0.556. The van der Waals surface area contributed by atoms with Crippen LogP contribution in [0.1, 0.15) is 48.8 Å². The Balaban J connectivity index is 0.000000612. The standard InChI is InChI=1S/C15H21NO.2ClH.Ti/c1-11-8-12(2)15(17)13(9-11)10-16-14-6-4-3-5-7-14;;;/h8-10,14,17H,3-7H2,1-2H3;2*1H;/q;;;+2/p-2. The van der Waals surface area contributed by atoms with E-state index >= 15 is 0 Å². The molecule has 0 radical (unpaired) electrons. The third kappa shape index (κ3) is 6.18. The summed E-state index contributed by atoms with van der Waals surface area (Å²) in [4.78, 5) is 4.61. The van der Waals surface area contributed by atoms with Gasteiger partial charge in [0, 0.05) is 17.8 Å². The summed E-state index contributed by atoms with van der Waals surface area (Å²) in [6.45, 7) is 3.98. The first-order chi connectivity index (χ1) is 9.58. The fraction of sp³-hybridized carbons (Fsp3) is 0.533. The van der Waals surface area contributed by atoms with Gasteiger partial charge in [0.2, 0.25) is 0 Å². The minimum absolute atomic E-state index is 0.371. The molecule has 1 saturated carbocycles. The van der Waals surface area contributed by atoms with Crippen molar-refractivity contribution in [2.75, 3.05) is 0 Å². The first kappa shape index (κ1) is 18.0. The summed E-state index contributed by atoms with van der Waals surface area (Å²) in [6, 6.07) is 4.45.